The summed E-state index contributed by atoms with van der Waals surface area (Å²) in [6, 6.07) is 24.8. The van der Waals surface area contributed by atoms with Crippen LogP contribution in [-0.4, -0.2) is 0 Å². The van der Waals surface area contributed by atoms with E-state index in [0.29, 0.717) is 3.63 Å². The van der Waals surface area contributed by atoms with Gasteiger partial charge in [0.2, 0.25) is 0 Å². The number of benzene rings is 3. The molecule has 3 aromatic rings. The molecule has 1 atom stereocenters. The van der Waals surface area contributed by atoms with Gasteiger partial charge in [-0.3, -0.25) is 0 Å². The van der Waals surface area contributed by atoms with E-state index in [9.17, 15) is 0 Å². The van der Waals surface area contributed by atoms with Crippen LogP contribution in [0.4, 0.5) is 0 Å². The fourth-order valence-electron chi connectivity index (χ4n) is 3.84. The van der Waals surface area contributed by atoms with Gasteiger partial charge in [-0.05, 0) is 0 Å². The van der Waals surface area contributed by atoms with Crippen LogP contribution in [0.15, 0.2) is 72.8 Å². The molecule has 0 fully saturated rings. The molecule has 0 heterocycles. The molecule has 0 bridgehead atoms. The molecule has 0 radical (unpaired) electrons. The van der Waals surface area contributed by atoms with Crippen LogP contribution in [0.2, 0.25) is 0 Å². The minimum atomic E-state index is -0.696. The quantitative estimate of drug-likeness (QED) is 0.364. The summed E-state index contributed by atoms with van der Waals surface area (Å²) in [5, 5.41) is 0. The van der Waals surface area contributed by atoms with E-state index in [0.717, 1.165) is 6.42 Å². The third kappa shape index (κ3) is 3.19. The van der Waals surface area contributed by atoms with E-state index in [1.165, 1.54) is 22.3 Å². The molecule has 0 aliphatic heterocycles. The van der Waals surface area contributed by atoms with Crippen molar-refractivity contribution in [2.24, 2.45) is 0 Å². The van der Waals surface area contributed by atoms with E-state index in [4.69, 9.17) is 0 Å². The van der Waals surface area contributed by atoms with Crippen molar-refractivity contribution in [3.05, 3.63) is 95.1 Å². The number of hydrogen-bond donors (Lipinski definition) is 0. The average molecular weight is 443 g/mol. The van der Waals surface area contributed by atoms with Crippen LogP contribution in [0, 0.1) is 0 Å². The summed E-state index contributed by atoms with van der Waals surface area (Å²) in [6.45, 7) is 0. The third-order valence-corrected chi connectivity index (χ3v) is 8.88. The van der Waals surface area contributed by atoms with Crippen LogP contribution < -0.4 is 28.1 Å². The van der Waals surface area contributed by atoms with Crippen molar-refractivity contribution in [1.29, 1.82) is 0 Å². The number of allylic oxidation sites excluding steroid dienone is 1. The summed E-state index contributed by atoms with van der Waals surface area (Å²) in [5.74, 6) is 0. The van der Waals surface area contributed by atoms with Crippen molar-refractivity contribution in [2.45, 2.75) is 10.0 Å². The summed E-state index contributed by atoms with van der Waals surface area (Å²) >= 11 is -0.696. The minimum Gasteiger partial charge on any atom is -1.00 e. The molecular weight excluding hydrogens is 426 g/mol. The Morgan fingerprint density at radius 3 is 2.44 bits per heavy atom. The molecule has 1 unspecified atom stereocenters. The standard InChI is InChI=1S/C13H9.C9H7.2ClH.Zr/c1-3-7-12-10(5-1)9-11-6-2-4-8-13(11)12;1-2-5-9-7-3-6-8(9)4-1;;;/h1-5,7-8H,9H2;1-7H;2*1H;/q;;;;+2/p-2. The van der Waals surface area contributed by atoms with Gasteiger partial charge in [-0.1, -0.05) is 0 Å². The maximum absolute atomic E-state index is 2.44. The zero-order valence-corrected chi connectivity index (χ0v) is 17.5. The third-order valence-electron chi connectivity index (χ3n) is 4.96. The second-order valence-corrected chi connectivity index (χ2v) is 9.84. The zero-order valence-electron chi connectivity index (χ0n) is 13.5. The molecule has 3 aromatic carbocycles. The van der Waals surface area contributed by atoms with Crippen LogP contribution in [-0.2, 0) is 29.7 Å². The SMILES string of the molecule is C1=C[CH]([Zr+2][c]2cccc3c2Cc2ccccc2-3)c2ccccc21.[Cl-].[Cl-]. The second kappa shape index (κ2) is 7.62. The molecule has 0 saturated carbocycles. The van der Waals surface area contributed by atoms with Gasteiger partial charge in [-0.25, -0.2) is 0 Å². The fraction of sp³-hybridized carbons (Fsp3) is 0.0909. The van der Waals surface area contributed by atoms with Crippen molar-refractivity contribution in [3.63, 3.8) is 0 Å². The zero-order chi connectivity index (χ0) is 15.2. The molecule has 0 nitrogen and oxygen atoms in total. The molecule has 0 saturated heterocycles. The van der Waals surface area contributed by atoms with Crippen LogP contribution in [0.1, 0.15) is 25.9 Å². The largest absolute Gasteiger partial charge is 1.00 e. The second-order valence-electron chi connectivity index (χ2n) is 6.28. The van der Waals surface area contributed by atoms with Gasteiger partial charge in [0, 0.05) is 0 Å². The van der Waals surface area contributed by atoms with Gasteiger partial charge in [0.1, 0.15) is 0 Å². The Kier molecular flexibility index (Phi) is 5.69. The van der Waals surface area contributed by atoms with Crippen molar-refractivity contribution >= 4 is 9.35 Å². The topological polar surface area (TPSA) is 0 Å². The van der Waals surface area contributed by atoms with Gasteiger partial charge < -0.3 is 24.8 Å². The molecule has 5 rings (SSSR count). The summed E-state index contributed by atoms with van der Waals surface area (Å²) in [4.78, 5) is 0. The summed E-state index contributed by atoms with van der Waals surface area (Å²) in [7, 11) is 0. The number of halogens is 2. The van der Waals surface area contributed by atoms with E-state index in [1.54, 1.807) is 14.4 Å². The fourth-order valence-corrected chi connectivity index (χ4v) is 7.61. The van der Waals surface area contributed by atoms with E-state index in [1.807, 2.05) is 0 Å². The summed E-state index contributed by atoms with van der Waals surface area (Å²) in [6.07, 6.45) is 5.89. The smallest absolute Gasteiger partial charge is 1.00 e. The van der Waals surface area contributed by atoms with Gasteiger partial charge in [-0.2, -0.15) is 0 Å². The Labute approximate surface area is 172 Å². The van der Waals surface area contributed by atoms with E-state index >= 15 is 0 Å². The number of hydrogen-bond acceptors (Lipinski definition) is 0. The minimum absolute atomic E-state index is 0. The Morgan fingerprint density at radius 2 is 1.52 bits per heavy atom. The summed E-state index contributed by atoms with van der Waals surface area (Å²) < 4.78 is 2.36. The first-order chi connectivity index (χ1) is 11.4. The molecule has 122 valence electrons. The first-order valence-electron chi connectivity index (χ1n) is 8.14. The Hall–Kier alpha value is -1.14. The first-order valence-corrected chi connectivity index (χ1v) is 10.8. The van der Waals surface area contributed by atoms with Crippen molar-refractivity contribution in [3.8, 4) is 11.1 Å². The van der Waals surface area contributed by atoms with Gasteiger partial charge in [0.05, 0.1) is 0 Å². The van der Waals surface area contributed by atoms with E-state index in [2.05, 4.69) is 78.9 Å². The average Bonchev–Trinajstić information content (AvgIpc) is 3.17. The normalized spacial score (nSPS) is 15.3. The van der Waals surface area contributed by atoms with Crippen LogP contribution >= 0.6 is 0 Å². The first kappa shape index (κ1) is 18.6. The van der Waals surface area contributed by atoms with Crippen LogP contribution in [0.3, 0.4) is 0 Å². The van der Waals surface area contributed by atoms with Gasteiger partial charge in [0.25, 0.3) is 0 Å². The van der Waals surface area contributed by atoms with Crippen molar-refractivity contribution in [2.75, 3.05) is 0 Å². The number of fused-ring (bicyclic) bond motifs is 4. The maximum Gasteiger partial charge on any atom is -1.00 e. The molecular formula is C22H16Cl2Zr. The van der Waals surface area contributed by atoms with Gasteiger partial charge in [-0.15, -0.1) is 0 Å². The molecule has 2 aliphatic carbocycles. The van der Waals surface area contributed by atoms with E-state index < -0.39 is 23.2 Å². The van der Waals surface area contributed by atoms with Crippen molar-refractivity contribution < 1.29 is 48.0 Å². The Bertz CT molecular complexity index is 946. The molecule has 25 heavy (non-hydrogen) atoms. The van der Waals surface area contributed by atoms with E-state index in [-0.39, 0.29) is 24.8 Å². The van der Waals surface area contributed by atoms with Gasteiger partial charge in [0.15, 0.2) is 0 Å². The molecule has 3 heteroatoms. The Morgan fingerprint density at radius 1 is 0.760 bits per heavy atom. The summed E-state index contributed by atoms with van der Waals surface area (Å²) in [5.41, 5.74) is 9.01. The Balaban J connectivity index is 0.000000911. The molecule has 0 spiro atoms. The van der Waals surface area contributed by atoms with Crippen LogP contribution in [0.25, 0.3) is 17.2 Å². The molecule has 0 aromatic heterocycles. The number of rotatable bonds is 2. The molecule has 0 N–H and O–H groups in total. The maximum atomic E-state index is 2.44. The monoisotopic (exact) mass is 440 g/mol. The van der Waals surface area contributed by atoms with Crippen LogP contribution in [0.5, 0.6) is 0 Å². The molecule has 0 amide bonds. The van der Waals surface area contributed by atoms with Gasteiger partial charge >= 0.3 is 149 Å². The predicted molar refractivity (Wildman–Crippen MR) is 92.5 cm³/mol. The van der Waals surface area contributed by atoms with Crippen molar-refractivity contribution in [1.82, 2.24) is 0 Å². The molecule has 2 aliphatic rings. The predicted octanol–water partition coefficient (Wildman–Crippen LogP) is -1.26.